The second kappa shape index (κ2) is 4.34. The van der Waals surface area contributed by atoms with Crippen molar-refractivity contribution >= 4 is 0 Å². The molecular formula is C15H21NO. The van der Waals surface area contributed by atoms with Gasteiger partial charge in [0.1, 0.15) is 5.75 Å². The van der Waals surface area contributed by atoms with Gasteiger partial charge in [-0.05, 0) is 49.1 Å². The van der Waals surface area contributed by atoms with E-state index >= 15 is 0 Å². The van der Waals surface area contributed by atoms with Gasteiger partial charge in [-0.2, -0.15) is 0 Å². The molecule has 1 aliphatic carbocycles. The first kappa shape index (κ1) is 11.1. The second-order valence-corrected chi connectivity index (χ2v) is 5.81. The van der Waals surface area contributed by atoms with E-state index in [2.05, 4.69) is 30.4 Å². The van der Waals surface area contributed by atoms with E-state index in [0.717, 1.165) is 31.9 Å². The Hall–Kier alpha value is -1.02. The van der Waals surface area contributed by atoms with E-state index in [9.17, 15) is 0 Å². The largest absolute Gasteiger partial charge is 0.493 e. The fourth-order valence-electron chi connectivity index (χ4n) is 2.73. The summed E-state index contributed by atoms with van der Waals surface area (Å²) in [5.74, 6) is 1.05. The molecule has 2 heteroatoms. The summed E-state index contributed by atoms with van der Waals surface area (Å²) in [6, 6.07) is 6.56. The standard InChI is InChI=1S/C15H21NO/c1-15(6-2-7-15)11-17-14-4-3-13-10-16-8-5-12(13)9-14/h3-4,9,16H,2,5-8,10-11H2,1H3. The van der Waals surface area contributed by atoms with Gasteiger partial charge in [0.25, 0.3) is 0 Å². The van der Waals surface area contributed by atoms with Gasteiger partial charge in [-0.15, -0.1) is 0 Å². The fraction of sp³-hybridized carbons (Fsp3) is 0.600. The topological polar surface area (TPSA) is 21.3 Å². The normalized spacial score (nSPS) is 21.5. The van der Waals surface area contributed by atoms with Crippen molar-refractivity contribution in [1.82, 2.24) is 5.32 Å². The predicted octanol–water partition coefficient (Wildman–Crippen LogP) is 2.90. The van der Waals surface area contributed by atoms with E-state index in [1.54, 1.807) is 0 Å². The van der Waals surface area contributed by atoms with E-state index in [1.807, 2.05) is 0 Å². The van der Waals surface area contributed by atoms with Crippen LogP contribution in [0.4, 0.5) is 0 Å². The quantitative estimate of drug-likeness (QED) is 0.863. The van der Waals surface area contributed by atoms with Gasteiger partial charge in [0.05, 0.1) is 6.61 Å². The minimum absolute atomic E-state index is 0.442. The zero-order chi connectivity index (χ0) is 11.7. The molecule has 1 saturated carbocycles. The minimum Gasteiger partial charge on any atom is -0.493 e. The number of nitrogens with one attached hydrogen (secondary N) is 1. The highest BCUT2D eigenvalue weighted by Crippen LogP contribution is 2.40. The molecule has 1 N–H and O–H groups in total. The summed E-state index contributed by atoms with van der Waals surface area (Å²) in [6.45, 7) is 5.31. The average Bonchev–Trinajstić information content (AvgIpc) is 2.34. The zero-order valence-corrected chi connectivity index (χ0v) is 10.6. The number of rotatable bonds is 3. The molecular weight excluding hydrogens is 210 g/mol. The van der Waals surface area contributed by atoms with E-state index in [0.29, 0.717) is 5.41 Å². The third kappa shape index (κ3) is 2.32. The van der Waals surface area contributed by atoms with Gasteiger partial charge in [0.15, 0.2) is 0 Å². The van der Waals surface area contributed by atoms with Crippen LogP contribution in [0.5, 0.6) is 5.75 Å². The van der Waals surface area contributed by atoms with Gasteiger partial charge in [0.2, 0.25) is 0 Å². The smallest absolute Gasteiger partial charge is 0.119 e. The van der Waals surface area contributed by atoms with Crippen LogP contribution in [0.1, 0.15) is 37.3 Å². The molecule has 2 nitrogen and oxygen atoms in total. The molecule has 1 heterocycles. The van der Waals surface area contributed by atoms with Crippen molar-refractivity contribution < 1.29 is 4.74 Å². The molecule has 0 saturated heterocycles. The lowest BCUT2D eigenvalue weighted by molar-refractivity contribution is 0.0775. The van der Waals surface area contributed by atoms with E-state index < -0.39 is 0 Å². The summed E-state index contributed by atoms with van der Waals surface area (Å²) in [7, 11) is 0. The first-order valence-electron chi connectivity index (χ1n) is 6.71. The lowest BCUT2D eigenvalue weighted by atomic mass is 9.71. The van der Waals surface area contributed by atoms with Gasteiger partial charge in [-0.3, -0.25) is 0 Å². The van der Waals surface area contributed by atoms with Crippen molar-refractivity contribution in [3.05, 3.63) is 29.3 Å². The van der Waals surface area contributed by atoms with Gasteiger partial charge in [-0.25, -0.2) is 0 Å². The highest BCUT2D eigenvalue weighted by atomic mass is 16.5. The maximum atomic E-state index is 5.96. The highest BCUT2D eigenvalue weighted by molar-refractivity contribution is 5.37. The molecule has 0 spiro atoms. The van der Waals surface area contributed by atoms with Crippen LogP contribution in [-0.2, 0) is 13.0 Å². The Kier molecular flexibility index (Phi) is 2.83. The molecule has 0 amide bonds. The third-order valence-corrected chi connectivity index (χ3v) is 4.21. The van der Waals surface area contributed by atoms with Crippen LogP contribution < -0.4 is 10.1 Å². The fourth-order valence-corrected chi connectivity index (χ4v) is 2.73. The molecule has 0 atom stereocenters. The maximum absolute atomic E-state index is 5.96. The van der Waals surface area contributed by atoms with Crippen molar-refractivity contribution in [1.29, 1.82) is 0 Å². The number of ether oxygens (including phenoxy) is 1. The number of fused-ring (bicyclic) bond motifs is 1. The zero-order valence-electron chi connectivity index (χ0n) is 10.6. The average molecular weight is 231 g/mol. The number of hydrogen-bond acceptors (Lipinski definition) is 2. The SMILES string of the molecule is CC1(COc2ccc3c(c2)CCNC3)CCC1. The minimum atomic E-state index is 0.442. The summed E-state index contributed by atoms with van der Waals surface area (Å²) in [5.41, 5.74) is 3.33. The molecule has 92 valence electrons. The molecule has 0 bridgehead atoms. The van der Waals surface area contributed by atoms with Crippen molar-refractivity contribution in [2.45, 2.75) is 39.2 Å². The first-order chi connectivity index (χ1) is 8.25. The van der Waals surface area contributed by atoms with Crippen LogP contribution in [0, 0.1) is 5.41 Å². The Labute approximate surface area is 103 Å². The van der Waals surface area contributed by atoms with Crippen molar-refractivity contribution in [3.63, 3.8) is 0 Å². The van der Waals surface area contributed by atoms with E-state index in [1.165, 1.54) is 30.4 Å². The van der Waals surface area contributed by atoms with Crippen LogP contribution in [0.3, 0.4) is 0 Å². The number of hydrogen-bond donors (Lipinski definition) is 1. The maximum Gasteiger partial charge on any atom is 0.119 e. The van der Waals surface area contributed by atoms with Crippen LogP contribution in [0.15, 0.2) is 18.2 Å². The molecule has 2 aliphatic rings. The molecule has 1 aromatic rings. The Morgan fingerprint density at radius 1 is 1.29 bits per heavy atom. The van der Waals surface area contributed by atoms with E-state index in [4.69, 9.17) is 4.74 Å². The van der Waals surface area contributed by atoms with Crippen LogP contribution in [0.2, 0.25) is 0 Å². The second-order valence-electron chi connectivity index (χ2n) is 5.81. The van der Waals surface area contributed by atoms with Crippen LogP contribution in [-0.4, -0.2) is 13.2 Å². The molecule has 0 radical (unpaired) electrons. The summed E-state index contributed by atoms with van der Waals surface area (Å²) >= 11 is 0. The van der Waals surface area contributed by atoms with Gasteiger partial charge >= 0.3 is 0 Å². The molecule has 0 unspecified atom stereocenters. The Morgan fingerprint density at radius 2 is 2.18 bits per heavy atom. The Bertz CT molecular complexity index is 409. The molecule has 0 aromatic heterocycles. The predicted molar refractivity (Wildman–Crippen MR) is 69.3 cm³/mol. The Balaban J connectivity index is 1.67. The van der Waals surface area contributed by atoms with Crippen LogP contribution in [0.25, 0.3) is 0 Å². The van der Waals surface area contributed by atoms with Crippen molar-refractivity contribution in [2.75, 3.05) is 13.2 Å². The van der Waals surface area contributed by atoms with Crippen molar-refractivity contribution in [2.24, 2.45) is 5.41 Å². The first-order valence-corrected chi connectivity index (χ1v) is 6.71. The molecule has 1 aromatic carbocycles. The monoisotopic (exact) mass is 231 g/mol. The summed E-state index contributed by atoms with van der Waals surface area (Å²) in [4.78, 5) is 0. The van der Waals surface area contributed by atoms with Crippen LogP contribution >= 0.6 is 0 Å². The van der Waals surface area contributed by atoms with Crippen molar-refractivity contribution in [3.8, 4) is 5.75 Å². The third-order valence-electron chi connectivity index (χ3n) is 4.21. The summed E-state index contributed by atoms with van der Waals surface area (Å²) in [6.07, 6.45) is 5.14. The van der Waals surface area contributed by atoms with Gasteiger partial charge in [-0.1, -0.05) is 19.4 Å². The van der Waals surface area contributed by atoms with Gasteiger partial charge in [0, 0.05) is 12.0 Å². The summed E-state index contributed by atoms with van der Waals surface area (Å²) < 4.78 is 5.96. The Morgan fingerprint density at radius 3 is 2.94 bits per heavy atom. The molecule has 17 heavy (non-hydrogen) atoms. The molecule has 1 aliphatic heterocycles. The molecule has 3 rings (SSSR count). The lowest BCUT2D eigenvalue weighted by Crippen LogP contribution is -2.32. The summed E-state index contributed by atoms with van der Waals surface area (Å²) in [5, 5.41) is 3.39. The lowest BCUT2D eigenvalue weighted by Gasteiger charge is -2.37. The number of benzene rings is 1. The highest BCUT2D eigenvalue weighted by Gasteiger charge is 2.32. The van der Waals surface area contributed by atoms with E-state index in [-0.39, 0.29) is 0 Å². The molecule has 1 fully saturated rings. The van der Waals surface area contributed by atoms with Gasteiger partial charge < -0.3 is 10.1 Å².